The molecule has 2 fully saturated rings. The Hall–Kier alpha value is -9.71. The molecule has 3 aliphatic heterocycles. The highest BCUT2D eigenvalue weighted by Crippen LogP contribution is 2.47. The molecule has 2 amide bonds. The van der Waals surface area contributed by atoms with Crippen molar-refractivity contribution in [1.29, 1.82) is 0 Å². The van der Waals surface area contributed by atoms with Crippen LogP contribution in [-0.4, -0.2) is 190 Å². The fourth-order valence-electron chi connectivity index (χ4n) is 12.3. The maximum absolute atomic E-state index is 14.8. The van der Waals surface area contributed by atoms with Crippen molar-refractivity contribution in [3.05, 3.63) is 119 Å². The van der Waals surface area contributed by atoms with Crippen molar-refractivity contribution in [1.82, 2.24) is 10.6 Å². The van der Waals surface area contributed by atoms with Gasteiger partial charge in [0, 0.05) is 140 Å². The minimum atomic E-state index is -1.61. The van der Waals surface area contributed by atoms with Crippen LogP contribution >= 0.6 is 23.2 Å². The lowest BCUT2D eigenvalue weighted by Crippen LogP contribution is -2.63. The number of aliphatic hydroxyl groups is 1. The number of amides is 2. The topological polar surface area (TPSA) is 355 Å². The van der Waals surface area contributed by atoms with E-state index < -0.39 is 146 Å². The van der Waals surface area contributed by atoms with E-state index in [1.54, 1.807) is 84.9 Å². The van der Waals surface area contributed by atoms with Gasteiger partial charge < -0.3 is 81.7 Å². The lowest BCUT2D eigenvalue weighted by molar-refractivity contribution is -0.288. The minimum absolute atomic E-state index is 0.0393. The Morgan fingerprint density at radius 3 is 1.65 bits per heavy atom. The number of ether oxygens (including phenoxy) is 13. The van der Waals surface area contributed by atoms with E-state index in [1.165, 1.54) is 17.1 Å². The van der Waals surface area contributed by atoms with Crippen LogP contribution in [0.3, 0.4) is 0 Å². The zero-order valence-corrected chi connectivity index (χ0v) is 59.9. The van der Waals surface area contributed by atoms with Crippen LogP contribution in [0.1, 0.15) is 115 Å². The van der Waals surface area contributed by atoms with Gasteiger partial charge in [-0.15, -0.1) is 23.2 Å². The summed E-state index contributed by atoms with van der Waals surface area (Å²) < 4.78 is 76.1. The molecule has 0 radical (unpaired) electrons. The predicted octanol–water partition coefficient (Wildman–Crippen LogP) is 7.50. The molecule has 5 aromatic carbocycles. The zero-order valence-electron chi connectivity index (χ0n) is 58.4. The number of unbranched alkanes of at least 4 members (excludes halogenated alkanes) is 2. The SMILES string of the molecule is CC(=O)OC[C@H]1O[C@@H](Oc2ccc([C@H](CCl)CNC(=O)/C=C/c3ccc(/C=C/C(=O)N4C[C@@H](CCl)c5c4cc(O[C@@H]4O[C@H](COC(C)=O)[C@H](OC(C)=O)[C@H](OC(C)=O)[C@H]4OC(C)=O)c4ccccc54)c(OCCNC(O)CCCCC=O)c3)c3ccccc23)[C@H](OC(C)=O)[C@@H](OC(C)=O)[C@H]1OC(C)=O. The van der Waals surface area contributed by atoms with Gasteiger partial charge in [0.15, 0.2) is 24.4 Å². The van der Waals surface area contributed by atoms with Gasteiger partial charge in [0.05, 0.1) is 5.69 Å². The Morgan fingerprint density at radius 2 is 1.12 bits per heavy atom. The average Bonchev–Trinajstić information content (AvgIpc) is 1.54. The maximum atomic E-state index is 14.8. The molecule has 30 heteroatoms. The summed E-state index contributed by atoms with van der Waals surface area (Å²) in [5.74, 6) is -7.39. The fraction of sp³-hybridized carbons (Fsp3) is 0.446. The first-order chi connectivity index (χ1) is 49.8. The Morgan fingerprint density at radius 1 is 0.587 bits per heavy atom. The molecule has 0 spiro atoms. The summed E-state index contributed by atoms with van der Waals surface area (Å²) in [5.41, 5.74) is 2.79. The number of esters is 8. The number of aldehydes is 1. The summed E-state index contributed by atoms with van der Waals surface area (Å²) in [4.78, 5) is 140. The molecule has 2 saturated heterocycles. The number of carbonyl (C=O) groups is 11. The third-order valence-electron chi connectivity index (χ3n) is 16.7. The van der Waals surface area contributed by atoms with Gasteiger partial charge in [0.2, 0.25) is 30.7 Å². The maximum Gasteiger partial charge on any atom is 0.303 e. The molecule has 3 heterocycles. The molecule has 5 aromatic rings. The lowest BCUT2D eigenvalue weighted by Gasteiger charge is -2.44. The van der Waals surface area contributed by atoms with E-state index >= 15 is 0 Å². The Kier molecular flexibility index (Phi) is 29.4. The highest BCUT2D eigenvalue weighted by atomic mass is 35.5. The quantitative estimate of drug-likeness (QED) is 0.00696. The summed E-state index contributed by atoms with van der Waals surface area (Å²) >= 11 is 13.3. The molecule has 28 nitrogen and oxygen atoms in total. The van der Waals surface area contributed by atoms with Crippen molar-refractivity contribution in [2.45, 2.75) is 161 Å². The molecule has 0 aromatic heterocycles. The lowest BCUT2D eigenvalue weighted by atomic mass is 9.94. The normalized spacial score (nSPS) is 21.9. The van der Waals surface area contributed by atoms with Crippen molar-refractivity contribution < 1.29 is 119 Å². The number of carbonyl (C=O) groups excluding carboxylic acids is 11. The summed E-state index contributed by atoms with van der Waals surface area (Å²) in [6.45, 7) is 8.41. The van der Waals surface area contributed by atoms with E-state index in [0.717, 1.165) is 67.2 Å². The number of rotatable bonds is 33. The van der Waals surface area contributed by atoms with Gasteiger partial charge in [0.1, 0.15) is 61.8 Å². The highest BCUT2D eigenvalue weighted by molar-refractivity contribution is 6.19. The zero-order chi connectivity index (χ0) is 75.3. The van der Waals surface area contributed by atoms with Gasteiger partial charge in [-0.05, 0) is 71.0 Å². The molecule has 0 aliphatic carbocycles. The molecule has 1 unspecified atom stereocenters. The predicted molar refractivity (Wildman–Crippen MR) is 374 cm³/mol. The second-order valence-electron chi connectivity index (χ2n) is 24.6. The number of aliphatic hydroxyl groups excluding tert-OH is 1. The monoisotopic (exact) mass is 1480 g/mol. The van der Waals surface area contributed by atoms with Crippen molar-refractivity contribution in [2.75, 3.05) is 56.1 Å². The average molecular weight is 1490 g/mol. The van der Waals surface area contributed by atoms with Crippen LogP contribution in [-0.2, 0) is 100 Å². The number of alkyl halides is 2. The molecule has 0 bridgehead atoms. The van der Waals surface area contributed by atoms with Gasteiger partial charge in [-0.3, -0.25) is 53.3 Å². The number of hydrogen-bond donors (Lipinski definition) is 3. The number of fused-ring (bicyclic) bond motifs is 4. The van der Waals surface area contributed by atoms with Crippen LogP contribution in [0.25, 0.3) is 33.7 Å². The van der Waals surface area contributed by atoms with E-state index in [9.17, 15) is 57.8 Å². The Labute approximate surface area is 609 Å². The number of halogens is 2. The largest absolute Gasteiger partial charge is 0.492 e. The highest BCUT2D eigenvalue weighted by Gasteiger charge is 2.55. The number of nitrogens with zero attached hydrogens (tertiary/aromatic N) is 1. The first-order valence-electron chi connectivity index (χ1n) is 33.5. The standard InChI is InChI=1S/C74H83Cl2N3O25/c1-40(81)93-38-61-67(95-42(3)83)69(97-44(5)85)71(99-46(7)87)73(103-61)101-58-26-25-52(53-16-11-12-17-54(53)58)50(34-75)36-78-64(90)27-22-48-21-23-49(59(32-48)92-31-29-77-63(89)20-10-9-15-30-80)24-28-65(91)79-37-51(35-76)66-56-19-14-13-18-55(56)60(33-57(66)79)102-74-72(100-47(8)88)70(98-45(6)86)68(96-43(4)84)62(104-74)39-94-41(2)82/h11-14,16-19,21-28,30,32-33,50-51,61-63,67-74,77,89H,9-10,15,20,29,31,34-39H2,1-8H3,(H,78,90)/b27-22+,28-24+/t50-,51-,61-,62-,63?,67+,68+,69+,70+,71-,72-,73-,74-/m1/s1. The van der Waals surface area contributed by atoms with E-state index in [2.05, 4.69) is 10.6 Å². The summed E-state index contributed by atoms with van der Waals surface area (Å²) in [6.07, 6.45) is -6.92. The summed E-state index contributed by atoms with van der Waals surface area (Å²) in [6, 6.07) is 24.3. The van der Waals surface area contributed by atoms with Crippen LogP contribution in [0.2, 0.25) is 0 Å². The van der Waals surface area contributed by atoms with Gasteiger partial charge in [-0.2, -0.15) is 0 Å². The van der Waals surface area contributed by atoms with Crippen LogP contribution in [0.15, 0.2) is 97.1 Å². The summed E-state index contributed by atoms with van der Waals surface area (Å²) in [5, 5.41) is 18.9. The molecule has 3 aliphatic rings. The Balaban J connectivity index is 1.04. The molecule has 13 atom stereocenters. The van der Waals surface area contributed by atoms with E-state index in [-0.39, 0.29) is 55.4 Å². The molecule has 8 rings (SSSR count). The van der Waals surface area contributed by atoms with E-state index in [1.807, 2.05) is 12.1 Å². The number of anilines is 1. The molecule has 558 valence electrons. The second kappa shape index (κ2) is 38.2. The molecular formula is C74H83Cl2N3O25. The van der Waals surface area contributed by atoms with Crippen LogP contribution in [0, 0.1) is 0 Å². The second-order valence-corrected chi connectivity index (χ2v) is 25.2. The van der Waals surface area contributed by atoms with Gasteiger partial charge in [0.25, 0.3) is 5.91 Å². The number of nitrogens with one attached hydrogen (secondary N) is 2. The molecular weight excluding hydrogens is 1400 g/mol. The van der Waals surface area contributed by atoms with Crippen LogP contribution in [0.4, 0.5) is 5.69 Å². The minimum Gasteiger partial charge on any atom is -0.492 e. The van der Waals surface area contributed by atoms with Crippen molar-refractivity contribution in [2.24, 2.45) is 0 Å². The smallest absolute Gasteiger partial charge is 0.303 e. The van der Waals surface area contributed by atoms with Crippen molar-refractivity contribution in [3.63, 3.8) is 0 Å². The van der Waals surface area contributed by atoms with E-state index in [4.69, 9.17) is 84.8 Å². The molecule has 104 heavy (non-hydrogen) atoms. The first-order valence-corrected chi connectivity index (χ1v) is 34.5. The third-order valence-corrected chi connectivity index (χ3v) is 17.4. The summed E-state index contributed by atoms with van der Waals surface area (Å²) in [7, 11) is 0. The van der Waals surface area contributed by atoms with Crippen LogP contribution < -0.4 is 29.7 Å². The van der Waals surface area contributed by atoms with Gasteiger partial charge in [-0.1, -0.05) is 66.7 Å². The molecule has 3 N–H and O–H groups in total. The first kappa shape index (κ1) is 80.0. The van der Waals surface area contributed by atoms with Gasteiger partial charge in [-0.25, -0.2) is 0 Å². The third kappa shape index (κ3) is 21.7. The van der Waals surface area contributed by atoms with Crippen molar-refractivity contribution >= 4 is 128 Å². The fourth-order valence-corrected chi connectivity index (χ4v) is 12.9. The number of hydrogen-bond acceptors (Lipinski definition) is 26. The Bertz CT molecular complexity index is 4020. The van der Waals surface area contributed by atoms with Crippen LogP contribution in [0.5, 0.6) is 17.2 Å². The van der Waals surface area contributed by atoms with Crippen molar-refractivity contribution in [3.8, 4) is 17.2 Å². The van der Waals surface area contributed by atoms with Gasteiger partial charge >= 0.3 is 47.8 Å². The number of benzene rings is 5. The van der Waals surface area contributed by atoms with E-state index in [0.29, 0.717) is 75.4 Å². The molecule has 0 saturated carbocycles.